The zero-order chi connectivity index (χ0) is 21.3. The number of aryl methyl sites for hydroxylation is 2. The van der Waals surface area contributed by atoms with Crippen LogP contribution in [0.25, 0.3) is 0 Å². The van der Waals surface area contributed by atoms with E-state index < -0.39 is 0 Å². The minimum absolute atomic E-state index is 0.229. The van der Waals surface area contributed by atoms with Gasteiger partial charge in [0.05, 0.1) is 0 Å². The molecule has 0 spiro atoms. The maximum absolute atomic E-state index is 13.1. The number of hydrogen-bond acceptors (Lipinski definition) is 5. The molecular formula is C24H33N5O. The first-order valence-electron chi connectivity index (χ1n) is 11.1. The summed E-state index contributed by atoms with van der Waals surface area (Å²) < 4.78 is 0. The number of benzene rings is 1. The van der Waals surface area contributed by atoms with Crippen molar-refractivity contribution in [1.82, 2.24) is 9.97 Å². The minimum Gasteiger partial charge on any atom is -0.362 e. The average Bonchev–Trinajstić information content (AvgIpc) is 3.57. The summed E-state index contributed by atoms with van der Waals surface area (Å²) in [5.41, 5.74) is 3.34. The van der Waals surface area contributed by atoms with E-state index in [0.29, 0.717) is 17.9 Å². The molecular weight excluding hydrogens is 374 g/mol. The van der Waals surface area contributed by atoms with Crippen LogP contribution < -0.4 is 15.1 Å². The molecule has 0 saturated heterocycles. The number of nitrogens with one attached hydrogen (secondary N) is 1. The monoisotopic (exact) mass is 407 g/mol. The zero-order valence-corrected chi connectivity index (χ0v) is 18.6. The average molecular weight is 408 g/mol. The van der Waals surface area contributed by atoms with Gasteiger partial charge >= 0.3 is 0 Å². The van der Waals surface area contributed by atoms with Crippen LogP contribution in [-0.4, -0.2) is 42.1 Å². The molecule has 1 heterocycles. The molecule has 2 aliphatic carbocycles. The fourth-order valence-electron chi connectivity index (χ4n) is 4.37. The largest absolute Gasteiger partial charge is 0.362 e. The number of carbonyl (C=O) groups is 1. The quantitative estimate of drug-likeness (QED) is 0.772. The summed E-state index contributed by atoms with van der Waals surface area (Å²) in [5, 5.41) is 3.52. The first kappa shape index (κ1) is 20.6. The molecule has 2 aromatic rings. The Morgan fingerprint density at radius 1 is 1.00 bits per heavy atom. The fraction of sp³-hybridized carbons (Fsp3) is 0.542. The van der Waals surface area contributed by atoms with Crippen LogP contribution in [0.3, 0.4) is 0 Å². The third-order valence-corrected chi connectivity index (χ3v) is 6.24. The number of anilines is 3. The van der Waals surface area contributed by atoms with E-state index in [1.165, 1.54) is 5.56 Å². The molecule has 2 aliphatic rings. The molecule has 6 heteroatoms. The van der Waals surface area contributed by atoms with Crippen molar-refractivity contribution < 1.29 is 4.79 Å². The van der Waals surface area contributed by atoms with Crippen LogP contribution in [0, 0.1) is 19.8 Å². The Kier molecular flexibility index (Phi) is 5.93. The molecule has 1 amide bonds. The van der Waals surface area contributed by atoms with E-state index >= 15 is 0 Å². The lowest BCUT2D eigenvalue weighted by Gasteiger charge is -2.37. The Morgan fingerprint density at radius 3 is 2.27 bits per heavy atom. The Balaban J connectivity index is 1.42. The van der Waals surface area contributed by atoms with E-state index in [4.69, 9.17) is 0 Å². The van der Waals surface area contributed by atoms with E-state index in [1.54, 1.807) is 0 Å². The zero-order valence-electron chi connectivity index (χ0n) is 18.6. The van der Waals surface area contributed by atoms with Crippen molar-refractivity contribution in [3.8, 4) is 0 Å². The number of rotatable bonds is 6. The van der Waals surface area contributed by atoms with Gasteiger partial charge in [0, 0.05) is 49.5 Å². The van der Waals surface area contributed by atoms with Crippen molar-refractivity contribution in [2.45, 2.75) is 64.5 Å². The molecule has 0 radical (unpaired) electrons. The highest BCUT2D eigenvalue weighted by atomic mass is 16.2. The summed E-state index contributed by atoms with van der Waals surface area (Å²) >= 11 is 0. The molecule has 2 saturated carbocycles. The Labute approximate surface area is 179 Å². The summed E-state index contributed by atoms with van der Waals surface area (Å²) in [5.74, 6) is 2.18. The molecule has 0 unspecified atom stereocenters. The van der Waals surface area contributed by atoms with Gasteiger partial charge in [0.15, 0.2) is 0 Å². The van der Waals surface area contributed by atoms with Crippen LogP contribution in [0.1, 0.15) is 49.7 Å². The van der Waals surface area contributed by atoms with Crippen LogP contribution in [-0.2, 0) is 4.79 Å². The molecule has 30 heavy (non-hydrogen) atoms. The van der Waals surface area contributed by atoms with Crippen molar-refractivity contribution in [2.24, 2.45) is 5.92 Å². The van der Waals surface area contributed by atoms with Gasteiger partial charge in [0.25, 0.3) is 0 Å². The van der Waals surface area contributed by atoms with Gasteiger partial charge in [-0.25, -0.2) is 4.98 Å². The molecule has 0 aliphatic heterocycles. The molecule has 1 N–H and O–H groups in total. The first-order chi connectivity index (χ1) is 14.4. The van der Waals surface area contributed by atoms with E-state index in [0.717, 1.165) is 55.6 Å². The molecule has 1 aromatic heterocycles. The van der Waals surface area contributed by atoms with Gasteiger partial charge in [-0.2, -0.15) is 4.98 Å². The molecule has 6 nitrogen and oxygen atoms in total. The van der Waals surface area contributed by atoms with Gasteiger partial charge in [0.1, 0.15) is 5.82 Å². The van der Waals surface area contributed by atoms with Gasteiger partial charge < -0.3 is 15.1 Å². The van der Waals surface area contributed by atoms with Crippen molar-refractivity contribution in [1.29, 1.82) is 0 Å². The lowest BCUT2D eigenvalue weighted by Crippen LogP contribution is -2.45. The number of aromatic nitrogens is 2. The Bertz CT molecular complexity index is 883. The third-order valence-electron chi connectivity index (χ3n) is 6.24. The van der Waals surface area contributed by atoms with E-state index in [1.807, 2.05) is 32.1 Å². The van der Waals surface area contributed by atoms with Crippen LogP contribution in [0.4, 0.5) is 17.5 Å². The fourth-order valence-corrected chi connectivity index (χ4v) is 4.37. The predicted octanol–water partition coefficient (Wildman–Crippen LogP) is 4.33. The lowest BCUT2D eigenvalue weighted by atomic mass is 9.89. The summed E-state index contributed by atoms with van der Waals surface area (Å²) in [6.45, 7) is 4.11. The Morgan fingerprint density at radius 2 is 1.67 bits per heavy atom. The lowest BCUT2D eigenvalue weighted by molar-refractivity contribution is -0.120. The highest BCUT2D eigenvalue weighted by Gasteiger charge is 2.38. The summed E-state index contributed by atoms with van der Waals surface area (Å²) in [6, 6.07) is 9.02. The van der Waals surface area contributed by atoms with Gasteiger partial charge in [-0.15, -0.1) is 0 Å². The van der Waals surface area contributed by atoms with E-state index in [9.17, 15) is 4.79 Å². The van der Waals surface area contributed by atoms with Gasteiger partial charge in [0.2, 0.25) is 11.9 Å². The second-order valence-corrected chi connectivity index (χ2v) is 9.06. The van der Waals surface area contributed by atoms with E-state index in [2.05, 4.69) is 51.4 Å². The smallest absolute Gasteiger partial charge is 0.230 e. The minimum atomic E-state index is 0.229. The molecule has 160 valence electrons. The molecule has 2 fully saturated rings. The number of hydrogen-bond donors (Lipinski definition) is 1. The van der Waals surface area contributed by atoms with Gasteiger partial charge in [-0.1, -0.05) is 17.7 Å². The highest BCUT2D eigenvalue weighted by molar-refractivity contribution is 5.97. The van der Waals surface area contributed by atoms with Crippen molar-refractivity contribution in [2.75, 3.05) is 29.2 Å². The van der Waals surface area contributed by atoms with Crippen LogP contribution in [0.2, 0.25) is 0 Å². The number of amides is 1. The maximum Gasteiger partial charge on any atom is 0.230 e. The maximum atomic E-state index is 13.1. The van der Waals surface area contributed by atoms with Crippen molar-refractivity contribution in [3.63, 3.8) is 0 Å². The van der Waals surface area contributed by atoms with Crippen LogP contribution in [0.5, 0.6) is 0 Å². The predicted molar refractivity (Wildman–Crippen MR) is 122 cm³/mol. The first-order valence-corrected chi connectivity index (χ1v) is 11.1. The highest BCUT2D eigenvalue weighted by Crippen LogP contribution is 2.36. The molecule has 0 atom stereocenters. The SMILES string of the molecule is Cc1ccc(N(C(=O)C2CC2)[C@H]2CC[C@@H](Nc3ncc(C)c(N(C)C)n3)CC2)cc1. The summed E-state index contributed by atoms with van der Waals surface area (Å²) in [6.07, 6.45) is 7.98. The van der Waals surface area contributed by atoms with Crippen LogP contribution >= 0.6 is 0 Å². The number of nitrogens with zero attached hydrogens (tertiary/aromatic N) is 4. The van der Waals surface area contributed by atoms with Crippen molar-refractivity contribution in [3.05, 3.63) is 41.6 Å². The summed E-state index contributed by atoms with van der Waals surface area (Å²) in [7, 11) is 4.00. The van der Waals surface area contributed by atoms with Crippen LogP contribution in [0.15, 0.2) is 30.5 Å². The Hall–Kier alpha value is -2.63. The van der Waals surface area contributed by atoms with E-state index in [-0.39, 0.29) is 12.0 Å². The topological polar surface area (TPSA) is 61.4 Å². The second-order valence-electron chi connectivity index (χ2n) is 9.06. The van der Waals surface area contributed by atoms with Crippen molar-refractivity contribution >= 4 is 23.4 Å². The third kappa shape index (κ3) is 4.58. The molecule has 4 rings (SSSR count). The molecule has 1 aromatic carbocycles. The second kappa shape index (κ2) is 8.62. The normalized spacial score (nSPS) is 21.2. The van der Waals surface area contributed by atoms with Gasteiger partial charge in [-0.3, -0.25) is 4.79 Å². The standard InChI is InChI=1S/C24H33N5O/c1-16-5-11-20(12-6-16)29(23(30)18-7-8-18)21-13-9-19(10-14-21)26-24-25-15-17(2)22(27-24)28(3)4/h5-6,11-12,15,18-19,21H,7-10,13-14H2,1-4H3,(H,25,26,27)/t19-,21+. The number of carbonyl (C=O) groups excluding carboxylic acids is 1. The van der Waals surface area contributed by atoms with Gasteiger partial charge in [-0.05, 0) is 64.5 Å². The molecule has 0 bridgehead atoms. The summed E-state index contributed by atoms with van der Waals surface area (Å²) in [4.78, 5) is 26.3.